The van der Waals surface area contributed by atoms with Crippen molar-refractivity contribution < 1.29 is 0 Å². The zero-order chi connectivity index (χ0) is 9.26. The SMILES string of the molecule is CCCC1C2C=CC(C2)C1CCN. The highest BCUT2D eigenvalue weighted by molar-refractivity contribution is 5.13. The summed E-state index contributed by atoms with van der Waals surface area (Å²) in [5.41, 5.74) is 5.67. The van der Waals surface area contributed by atoms with Gasteiger partial charge in [-0.15, -0.1) is 0 Å². The van der Waals surface area contributed by atoms with E-state index in [0.29, 0.717) is 0 Å². The topological polar surface area (TPSA) is 26.0 Å². The van der Waals surface area contributed by atoms with Crippen molar-refractivity contribution in [3.63, 3.8) is 0 Å². The Balaban J connectivity index is 2.02. The third-order valence-electron chi connectivity index (χ3n) is 3.92. The van der Waals surface area contributed by atoms with E-state index < -0.39 is 0 Å². The molecule has 0 heterocycles. The lowest BCUT2D eigenvalue weighted by atomic mass is 9.78. The highest BCUT2D eigenvalue weighted by Gasteiger charge is 2.42. The van der Waals surface area contributed by atoms with E-state index in [1.807, 2.05) is 0 Å². The van der Waals surface area contributed by atoms with E-state index in [1.165, 1.54) is 25.7 Å². The van der Waals surface area contributed by atoms with Gasteiger partial charge in [-0.2, -0.15) is 0 Å². The summed E-state index contributed by atoms with van der Waals surface area (Å²) >= 11 is 0. The fourth-order valence-corrected chi connectivity index (χ4v) is 3.41. The minimum Gasteiger partial charge on any atom is -0.330 e. The first-order valence-corrected chi connectivity index (χ1v) is 5.75. The van der Waals surface area contributed by atoms with Crippen LogP contribution in [0.5, 0.6) is 0 Å². The van der Waals surface area contributed by atoms with Gasteiger partial charge >= 0.3 is 0 Å². The van der Waals surface area contributed by atoms with Crippen molar-refractivity contribution in [2.45, 2.75) is 32.6 Å². The van der Waals surface area contributed by atoms with Gasteiger partial charge < -0.3 is 5.73 Å². The maximum atomic E-state index is 5.67. The molecule has 0 aliphatic heterocycles. The summed E-state index contributed by atoms with van der Waals surface area (Å²) in [7, 11) is 0. The molecule has 2 bridgehead atoms. The third-order valence-corrected chi connectivity index (χ3v) is 3.92. The van der Waals surface area contributed by atoms with Crippen molar-refractivity contribution in [1.29, 1.82) is 0 Å². The van der Waals surface area contributed by atoms with Crippen LogP contribution in [0.1, 0.15) is 32.6 Å². The zero-order valence-electron chi connectivity index (χ0n) is 8.58. The summed E-state index contributed by atoms with van der Waals surface area (Å²) in [4.78, 5) is 0. The molecule has 0 aromatic carbocycles. The molecule has 1 heteroatoms. The molecule has 0 radical (unpaired) electrons. The van der Waals surface area contributed by atoms with Gasteiger partial charge in [-0.05, 0) is 49.5 Å². The Morgan fingerprint density at radius 2 is 1.77 bits per heavy atom. The van der Waals surface area contributed by atoms with Crippen LogP contribution in [0.25, 0.3) is 0 Å². The number of hydrogen-bond acceptors (Lipinski definition) is 1. The molecule has 0 saturated heterocycles. The largest absolute Gasteiger partial charge is 0.330 e. The van der Waals surface area contributed by atoms with E-state index >= 15 is 0 Å². The van der Waals surface area contributed by atoms with Crippen LogP contribution in [0.4, 0.5) is 0 Å². The molecule has 2 aliphatic carbocycles. The Kier molecular flexibility index (Phi) is 2.73. The van der Waals surface area contributed by atoms with Crippen molar-refractivity contribution in [1.82, 2.24) is 0 Å². The smallest absolute Gasteiger partial charge is 0.00743 e. The average molecular weight is 179 g/mol. The van der Waals surface area contributed by atoms with Gasteiger partial charge in [-0.25, -0.2) is 0 Å². The Morgan fingerprint density at radius 1 is 1.15 bits per heavy atom. The quantitative estimate of drug-likeness (QED) is 0.659. The molecule has 2 N–H and O–H groups in total. The second-order valence-electron chi connectivity index (χ2n) is 4.64. The van der Waals surface area contributed by atoms with E-state index in [-0.39, 0.29) is 0 Å². The highest BCUT2D eigenvalue weighted by atomic mass is 14.6. The number of hydrogen-bond donors (Lipinski definition) is 1. The van der Waals surface area contributed by atoms with Crippen molar-refractivity contribution in [2.24, 2.45) is 29.4 Å². The van der Waals surface area contributed by atoms with Gasteiger partial charge in [0.2, 0.25) is 0 Å². The van der Waals surface area contributed by atoms with Gasteiger partial charge in [-0.1, -0.05) is 25.5 Å². The Labute approximate surface area is 81.4 Å². The van der Waals surface area contributed by atoms with E-state index in [1.54, 1.807) is 0 Å². The van der Waals surface area contributed by atoms with Gasteiger partial charge in [-0.3, -0.25) is 0 Å². The Morgan fingerprint density at radius 3 is 2.31 bits per heavy atom. The molecule has 1 saturated carbocycles. The van der Waals surface area contributed by atoms with Gasteiger partial charge in [0.05, 0.1) is 0 Å². The molecule has 4 unspecified atom stereocenters. The molecule has 0 aromatic heterocycles. The fourth-order valence-electron chi connectivity index (χ4n) is 3.41. The third kappa shape index (κ3) is 1.54. The van der Waals surface area contributed by atoms with Crippen LogP contribution >= 0.6 is 0 Å². The van der Waals surface area contributed by atoms with Crippen LogP contribution in [-0.2, 0) is 0 Å². The summed E-state index contributed by atoms with van der Waals surface area (Å²) in [6.07, 6.45) is 10.3. The van der Waals surface area contributed by atoms with Crippen LogP contribution in [0.3, 0.4) is 0 Å². The number of fused-ring (bicyclic) bond motifs is 2. The van der Waals surface area contributed by atoms with Crippen LogP contribution in [-0.4, -0.2) is 6.54 Å². The maximum absolute atomic E-state index is 5.67. The lowest BCUT2D eigenvalue weighted by Crippen LogP contribution is -2.22. The van der Waals surface area contributed by atoms with Crippen molar-refractivity contribution in [3.8, 4) is 0 Å². The molecule has 1 nitrogen and oxygen atoms in total. The van der Waals surface area contributed by atoms with Crippen LogP contribution < -0.4 is 5.73 Å². The fraction of sp³-hybridized carbons (Fsp3) is 0.833. The molecule has 1 fully saturated rings. The van der Waals surface area contributed by atoms with Crippen molar-refractivity contribution in [2.75, 3.05) is 6.54 Å². The standard InChI is InChI=1S/C12H21N/c1-2-3-11-9-4-5-10(8-9)12(11)6-7-13/h4-5,9-12H,2-3,6-8,13H2,1H3. The normalized spacial score (nSPS) is 41.7. The molecular weight excluding hydrogens is 158 g/mol. The predicted molar refractivity (Wildman–Crippen MR) is 56.3 cm³/mol. The number of rotatable bonds is 4. The first-order valence-electron chi connectivity index (χ1n) is 5.75. The maximum Gasteiger partial charge on any atom is -0.00743 e. The highest BCUT2D eigenvalue weighted by Crippen LogP contribution is 2.50. The second kappa shape index (κ2) is 3.83. The summed E-state index contributed by atoms with van der Waals surface area (Å²) in [6, 6.07) is 0. The molecule has 0 amide bonds. The summed E-state index contributed by atoms with van der Waals surface area (Å²) in [5.74, 6) is 3.66. The van der Waals surface area contributed by atoms with E-state index in [0.717, 1.165) is 30.2 Å². The molecule has 2 rings (SSSR count). The summed E-state index contributed by atoms with van der Waals surface area (Å²) in [6.45, 7) is 3.18. The van der Waals surface area contributed by atoms with Crippen molar-refractivity contribution in [3.05, 3.63) is 12.2 Å². The first-order chi connectivity index (χ1) is 6.36. The average Bonchev–Trinajstić information content (AvgIpc) is 2.69. The Hall–Kier alpha value is -0.300. The molecule has 0 aromatic rings. The number of allylic oxidation sites excluding steroid dienone is 2. The summed E-state index contributed by atoms with van der Waals surface area (Å²) in [5, 5.41) is 0. The lowest BCUT2D eigenvalue weighted by molar-refractivity contribution is 0.276. The van der Waals surface area contributed by atoms with Crippen LogP contribution in [0, 0.1) is 23.7 Å². The Bertz CT molecular complexity index is 177. The monoisotopic (exact) mass is 179 g/mol. The van der Waals surface area contributed by atoms with Crippen molar-refractivity contribution >= 4 is 0 Å². The zero-order valence-corrected chi connectivity index (χ0v) is 8.58. The minimum absolute atomic E-state index is 0.877. The molecule has 2 aliphatic rings. The molecular formula is C12H21N. The van der Waals surface area contributed by atoms with Gasteiger partial charge in [0.25, 0.3) is 0 Å². The van der Waals surface area contributed by atoms with Gasteiger partial charge in [0, 0.05) is 0 Å². The molecule has 74 valence electrons. The van der Waals surface area contributed by atoms with E-state index in [9.17, 15) is 0 Å². The lowest BCUT2D eigenvalue weighted by Gasteiger charge is -2.27. The first kappa shape index (κ1) is 9.26. The minimum atomic E-state index is 0.877. The number of nitrogens with two attached hydrogens (primary N) is 1. The van der Waals surface area contributed by atoms with Crippen LogP contribution in [0.2, 0.25) is 0 Å². The molecule has 0 spiro atoms. The van der Waals surface area contributed by atoms with Gasteiger partial charge in [0.1, 0.15) is 0 Å². The van der Waals surface area contributed by atoms with Gasteiger partial charge in [0.15, 0.2) is 0 Å². The van der Waals surface area contributed by atoms with E-state index in [2.05, 4.69) is 19.1 Å². The molecule has 13 heavy (non-hydrogen) atoms. The summed E-state index contributed by atoms with van der Waals surface area (Å²) < 4.78 is 0. The van der Waals surface area contributed by atoms with E-state index in [4.69, 9.17) is 5.73 Å². The second-order valence-corrected chi connectivity index (χ2v) is 4.64. The van der Waals surface area contributed by atoms with Crippen LogP contribution in [0.15, 0.2) is 12.2 Å². The molecule has 4 atom stereocenters. The predicted octanol–water partition coefficient (Wildman–Crippen LogP) is 2.57.